The number of carboxylic acids is 1. The van der Waals surface area contributed by atoms with E-state index in [1.807, 2.05) is 19.9 Å². The highest BCUT2D eigenvalue weighted by atomic mass is 16.5. The fourth-order valence-electron chi connectivity index (χ4n) is 2.61. The quantitative estimate of drug-likeness (QED) is 0.890. The SMILES string of the molecule is COc1cc(C)c(C)cc1CC1(C(=O)O)CCC1. The van der Waals surface area contributed by atoms with Gasteiger partial charge in [0.1, 0.15) is 5.75 Å². The Morgan fingerprint density at radius 3 is 2.39 bits per heavy atom. The second kappa shape index (κ2) is 4.63. The highest BCUT2D eigenvalue weighted by molar-refractivity contribution is 5.76. The number of hydrogen-bond acceptors (Lipinski definition) is 2. The van der Waals surface area contributed by atoms with Gasteiger partial charge in [0.15, 0.2) is 0 Å². The molecule has 0 spiro atoms. The van der Waals surface area contributed by atoms with Crippen molar-refractivity contribution in [3.05, 3.63) is 28.8 Å². The van der Waals surface area contributed by atoms with E-state index in [0.29, 0.717) is 6.42 Å². The summed E-state index contributed by atoms with van der Waals surface area (Å²) in [5.41, 5.74) is 2.82. The zero-order valence-electron chi connectivity index (χ0n) is 11.2. The molecule has 3 heteroatoms. The van der Waals surface area contributed by atoms with Crippen LogP contribution in [-0.4, -0.2) is 18.2 Å². The van der Waals surface area contributed by atoms with Gasteiger partial charge in [-0.2, -0.15) is 0 Å². The maximum atomic E-state index is 11.4. The average Bonchev–Trinajstić information content (AvgIpc) is 2.27. The Bertz CT molecular complexity index is 473. The van der Waals surface area contributed by atoms with Crippen molar-refractivity contribution in [2.24, 2.45) is 5.41 Å². The van der Waals surface area contributed by atoms with Crippen LogP contribution in [0.1, 0.15) is 36.0 Å². The molecule has 0 heterocycles. The first-order chi connectivity index (χ1) is 8.48. The summed E-state index contributed by atoms with van der Waals surface area (Å²) in [6.07, 6.45) is 3.14. The summed E-state index contributed by atoms with van der Waals surface area (Å²) >= 11 is 0. The van der Waals surface area contributed by atoms with Gasteiger partial charge < -0.3 is 9.84 Å². The second-order valence-electron chi connectivity index (χ2n) is 5.36. The number of aryl methyl sites for hydroxylation is 2. The summed E-state index contributed by atoms with van der Waals surface area (Å²) in [6.45, 7) is 4.09. The number of hydrogen-bond donors (Lipinski definition) is 1. The van der Waals surface area contributed by atoms with E-state index in [-0.39, 0.29) is 0 Å². The van der Waals surface area contributed by atoms with Crippen LogP contribution < -0.4 is 4.74 Å². The molecule has 1 fully saturated rings. The van der Waals surface area contributed by atoms with Crippen molar-refractivity contribution in [2.75, 3.05) is 7.11 Å². The molecular weight excluding hydrogens is 228 g/mol. The van der Waals surface area contributed by atoms with Gasteiger partial charge in [-0.3, -0.25) is 4.79 Å². The third kappa shape index (κ3) is 2.09. The van der Waals surface area contributed by atoms with Crippen LogP contribution in [0.5, 0.6) is 5.75 Å². The molecule has 0 radical (unpaired) electrons. The average molecular weight is 248 g/mol. The minimum Gasteiger partial charge on any atom is -0.496 e. The third-order valence-electron chi connectivity index (χ3n) is 4.19. The van der Waals surface area contributed by atoms with Crippen molar-refractivity contribution < 1.29 is 14.6 Å². The maximum absolute atomic E-state index is 11.4. The van der Waals surface area contributed by atoms with Crippen LogP contribution in [0.15, 0.2) is 12.1 Å². The van der Waals surface area contributed by atoms with Crippen molar-refractivity contribution in [1.29, 1.82) is 0 Å². The first-order valence-corrected chi connectivity index (χ1v) is 6.36. The monoisotopic (exact) mass is 248 g/mol. The van der Waals surface area contributed by atoms with Gasteiger partial charge in [-0.15, -0.1) is 0 Å². The lowest BCUT2D eigenvalue weighted by atomic mass is 9.65. The fraction of sp³-hybridized carbons (Fsp3) is 0.533. The van der Waals surface area contributed by atoms with Gasteiger partial charge in [0.25, 0.3) is 0 Å². The van der Waals surface area contributed by atoms with E-state index in [1.165, 1.54) is 11.1 Å². The van der Waals surface area contributed by atoms with Crippen molar-refractivity contribution in [3.63, 3.8) is 0 Å². The summed E-state index contributed by atoms with van der Waals surface area (Å²) in [4.78, 5) is 11.4. The molecule has 1 N–H and O–H groups in total. The minimum atomic E-state index is -0.672. The molecule has 1 aliphatic carbocycles. The number of benzene rings is 1. The van der Waals surface area contributed by atoms with Crippen molar-refractivity contribution in [3.8, 4) is 5.75 Å². The number of rotatable bonds is 4. The predicted molar refractivity (Wildman–Crippen MR) is 70.1 cm³/mol. The minimum absolute atomic E-state index is 0.561. The Hall–Kier alpha value is -1.51. The van der Waals surface area contributed by atoms with Crippen LogP contribution in [0.4, 0.5) is 0 Å². The molecule has 0 saturated heterocycles. The van der Waals surface area contributed by atoms with Crippen molar-refractivity contribution in [1.82, 2.24) is 0 Å². The summed E-state index contributed by atoms with van der Waals surface area (Å²) in [6, 6.07) is 4.07. The first-order valence-electron chi connectivity index (χ1n) is 6.36. The first kappa shape index (κ1) is 12.9. The van der Waals surface area contributed by atoms with E-state index < -0.39 is 11.4 Å². The van der Waals surface area contributed by atoms with Gasteiger partial charge in [0.2, 0.25) is 0 Å². The highest BCUT2D eigenvalue weighted by Crippen LogP contribution is 2.45. The molecule has 0 amide bonds. The summed E-state index contributed by atoms with van der Waals surface area (Å²) < 4.78 is 5.38. The molecular formula is C15H20O3. The lowest BCUT2D eigenvalue weighted by molar-refractivity contribution is -0.154. The standard InChI is InChI=1S/C15H20O3/c1-10-7-12(13(18-3)8-11(10)2)9-15(14(16)17)5-4-6-15/h7-8H,4-6,9H2,1-3H3,(H,16,17). The maximum Gasteiger partial charge on any atom is 0.309 e. The van der Waals surface area contributed by atoms with E-state index >= 15 is 0 Å². The fourth-order valence-corrected chi connectivity index (χ4v) is 2.61. The van der Waals surface area contributed by atoms with Gasteiger partial charge >= 0.3 is 5.97 Å². The second-order valence-corrected chi connectivity index (χ2v) is 5.36. The topological polar surface area (TPSA) is 46.5 Å². The number of carboxylic acid groups (broad SMARTS) is 1. The summed E-state index contributed by atoms with van der Waals surface area (Å²) in [5, 5.41) is 9.39. The zero-order valence-corrected chi connectivity index (χ0v) is 11.2. The van der Waals surface area contributed by atoms with E-state index in [0.717, 1.165) is 30.6 Å². The largest absolute Gasteiger partial charge is 0.496 e. The molecule has 1 aromatic carbocycles. The van der Waals surface area contributed by atoms with Gasteiger partial charge in [0.05, 0.1) is 12.5 Å². The zero-order chi connectivity index (χ0) is 13.3. The van der Waals surface area contributed by atoms with E-state index in [4.69, 9.17) is 4.74 Å². The van der Waals surface area contributed by atoms with Crippen molar-refractivity contribution >= 4 is 5.97 Å². The lowest BCUT2D eigenvalue weighted by Crippen LogP contribution is -2.40. The Balaban J connectivity index is 2.33. The Labute approximate surface area is 108 Å². The molecule has 0 bridgehead atoms. The molecule has 1 aliphatic rings. The molecule has 98 valence electrons. The summed E-state index contributed by atoms with van der Waals surface area (Å²) in [7, 11) is 1.64. The normalized spacial score (nSPS) is 17.1. The van der Waals surface area contributed by atoms with E-state index in [9.17, 15) is 9.90 Å². The lowest BCUT2D eigenvalue weighted by Gasteiger charge is -2.38. The molecule has 0 aliphatic heterocycles. The third-order valence-corrected chi connectivity index (χ3v) is 4.19. The molecule has 0 unspecified atom stereocenters. The molecule has 1 saturated carbocycles. The molecule has 0 atom stereocenters. The Kier molecular flexibility index (Phi) is 3.33. The van der Waals surface area contributed by atoms with Crippen LogP contribution in [0.25, 0.3) is 0 Å². The molecule has 0 aromatic heterocycles. The van der Waals surface area contributed by atoms with E-state index in [1.54, 1.807) is 7.11 Å². The van der Waals surface area contributed by atoms with Crippen LogP contribution in [0.2, 0.25) is 0 Å². The van der Waals surface area contributed by atoms with Gasteiger partial charge in [-0.1, -0.05) is 12.5 Å². The van der Waals surface area contributed by atoms with Crippen LogP contribution in [0.3, 0.4) is 0 Å². The molecule has 3 nitrogen and oxygen atoms in total. The molecule has 18 heavy (non-hydrogen) atoms. The molecule has 1 aromatic rings. The van der Waals surface area contributed by atoms with Gasteiger partial charge in [-0.25, -0.2) is 0 Å². The Morgan fingerprint density at radius 1 is 1.33 bits per heavy atom. The van der Waals surface area contributed by atoms with Gasteiger partial charge in [-0.05, 0) is 55.9 Å². The predicted octanol–water partition coefficient (Wildman–Crippen LogP) is 3.11. The van der Waals surface area contributed by atoms with Crippen LogP contribution in [-0.2, 0) is 11.2 Å². The smallest absolute Gasteiger partial charge is 0.309 e. The number of aliphatic carboxylic acids is 1. The number of carbonyl (C=O) groups is 1. The number of methoxy groups -OCH3 is 1. The van der Waals surface area contributed by atoms with Crippen LogP contribution >= 0.6 is 0 Å². The van der Waals surface area contributed by atoms with Crippen LogP contribution in [0, 0.1) is 19.3 Å². The highest BCUT2D eigenvalue weighted by Gasteiger charge is 2.44. The van der Waals surface area contributed by atoms with E-state index in [2.05, 4.69) is 6.07 Å². The van der Waals surface area contributed by atoms with Gasteiger partial charge in [0, 0.05) is 0 Å². The summed E-state index contributed by atoms with van der Waals surface area (Å²) in [5.74, 6) is 0.139. The number of ether oxygens (including phenoxy) is 1. The van der Waals surface area contributed by atoms with Crippen molar-refractivity contribution in [2.45, 2.75) is 39.5 Å². The molecule has 2 rings (SSSR count). The Morgan fingerprint density at radius 2 is 1.94 bits per heavy atom.